The van der Waals surface area contributed by atoms with Crippen LogP contribution in [0.1, 0.15) is 27.3 Å². The van der Waals surface area contributed by atoms with Gasteiger partial charge in [0.15, 0.2) is 11.4 Å². The summed E-state index contributed by atoms with van der Waals surface area (Å²) in [5.74, 6) is 1.48. The molecule has 2 aromatic heterocycles. The summed E-state index contributed by atoms with van der Waals surface area (Å²) in [6, 6.07) is 9.21. The Morgan fingerprint density at radius 1 is 1.32 bits per heavy atom. The van der Waals surface area contributed by atoms with Crippen molar-refractivity contribution in [3.63, 3.8) is 0 Å². The summed E-state index contributed by atoms with van der Waals surface area (Å²) in [5.41, 5.74) is -0.230. The third kappa shape index (κ3) is 4.17. The number of Topliss-reactive ketones (excluding diaryl/α,β-unsaturated/α-hetero) is 1. The summed E-state index contributed by atoms with van der Waals surface area (Å²) < 4.78 is 11.1. The number of fused-ring (bicyclic) bond motifs is 1. The Hall–Kier alpha value is -2.49. The van der Waals surface area contributed by atoms with Gasteiger partial charge in [-0.15, -0.1) is 11.3 Å². The molecule has 0 saturated carbocycles. The van der Waals surface area contributed by atoms with Crippen LogP contribution in [0, 0.1) is 6.92 Å². The van der Waals surface area contributed by atoms with Crippen molar-refractivity contribution >= 4 is 45.7 Å². The molecule has 0 aliphatic carbocycles. The van der Waals surface area contributed by atoms with Crippen molar-refractivity contribution in [3.05, 3.63) is 45.9 Å². The van der Waals surface area contributed by atoms with Crippen LogP contribution in [0.5, 0.6) is 5.75 Å². The van der Waals surface area contributed by atoms with Gasteiger partial charge < -0.3 is 14.4 Å². The molecule has 7 nitrogen and oxygen atoms in total. The minimum Gasteiger partial charge on any atom is -0.497 e. The van der Waals surface area contributed by atoms with Gasteiger partial charge in [-0.2, -0.15) is 0 Å². The molecule has 9 heteroatoms. The molecule has 0 spiro atoms. The molecular weight excluding hydrogens is 434 g/mol. The number of aryl methyl sites for hydroxylation is 1. The number of carbonyl (C=O) groups is 2. The first-order valence-electron chi connectivity index (χ1n) is 9.80. The number of methoxy groups -OCH3 is 1. The van der Waals surface area contributed by atoms with Crippen LogP contribution in [-0.4, -0.2) is 59.6 Å². The van der Waals surface area contributed by atoms with E-state index in [9.17, 15) is 9.59 Å². The molecule has 3 aromatic rings. The topological polar surface area (TPSA) is 81.6 Å². The number of rotatable bonds is 6. The molecule has 31 heavy (non-hydrogen) atoms. The predicted octanol–water partition coefficient (Wildman–Crippen LogP) is 3.69. The van der Waals surface area contributed by atoms with Crippen molar-refractivity contribution < 1.29 is 19.1 Å². The maximum atomic E-state index is 12.9. The zero-order valence-electron chi connectivity index (χ0n) is 17.8. The molecule has 0 radical (unpaired) electrons. The number of carbonyl (C=O) groups excluding carboxylic acids is 2. The molecule has 1 fully saturated rings. The van der Waals surface area contributed by atoms with E-state index in [1.54, 1.807) is 32.0 Å². The zero-order chi connectivity index (χ0) is 22.2. The van der Waals surface area contributed by atoms with Gasteiger partial charge in [0, 0.05) is 23.9 Å². The number of thiophene rings is 1. The lowest BCUT2D eigenvalue weighted by atomic mass is 10.0. The fourth-order valence-corrected chi connectivity index (χ4v) is 5.53. The van der Waals surface area contributed by atoms with E-state index in [0.29, 0.717) is 29.6 Å². The Morgan fingerprint density at radius 2 is 2.13 bits per heavy atom. The van der Waals surface area contributed by atoms with Crippen LogP contribution in [-0.2, 0) is 15.1 Å². The zero-order valence-corrected chi connectivity index (χ0v) is 19.4. The molecule has 162 valence electrons. The van der Waals surface area contributed by atoms with Gasteiger partial charge in [0.1, 0.15) is 16.6 Å². The number of hydrogen-bond donors (Lipinski definition) is 0. The average molecular weight is 458 g/mol. The van der Waals surface area contributed by atoms with E-state index >= 15 is 0 Å². The quantitative estimate of drug-likeness (QED) is 0.317. The van der Waals surface area contributed by atoms with Gasteiger partial charge in [0.05, 0.1) is 29.9 Å². The molecule has 0 N–H and O–H groups in total. The highest BCUT2D eigenvalue weighted by Gasteiger charge is 2.42. The van der Waals surface area contributed by atoms with Gasteiger partial charge in [0.25, 0.3) is 5.91 Å². The number of thioether (sulfide) groups is 1. The molecule has 3 heterocycles. The Morgan fingerprint density at radius 3 is 2.90 bits per heavy atom. The standard InChI is InChI=1S/C22H23N3O4S2/c1-13-23-16-6-5-14(28-4)11-15(16)20(24-13)30-12-17(26)18-7-8-19(31-18)22(2)21(27)25(3)9-10-29-22/h5-8,11H,9-10,12H2,1-4H3. The summed E-state index contributed by atoms with van der Waals surface area (Å²) >= 11 is 2.69. The number of likely N-dealkylation sites (N-methyl/N-ethyl adjacent to an activating group) is 1. The van der Waals surface area contributed by atoms with Gasteiger partial charge in [-0.25, -0.2) is 9.97 Å². The number of nitrogens with zero attached hydrogens (tertiary/aromatic N) is 3. The first-order chi connectivity index (χ1) is 14.8. The summed E-state index contributed by atoms with van der Waals surface area (Å²) in [6.45, 7) is 4.64. The first-order valence-corrected chi connectivity index (χ1v) is 11.6. The number of aromatic nitrogens is 2. The lowest BCUT2D eigenvalue weighted by molar-refractivity contribution is -0.168. The van der Waals surface area contributed by atoms with Crippen molar-refractivity contribution in [1.82, 2.24) is 14.9 Å². The van der Waals surface area contributed by atoms with Crippen LogP contribution in [0.3, 0.4) is 0 Å². The summed E-state index contributed by atoms with van der Waals surface area (Å²) in [5, 5.41) is 1.59. The molecule has 1 saturated heterocycles. The third-order valence-corrected chi connectivity index (χ3v) is 7.56. The van der Waals surface area contributed by atoms with E-state index in [0.717, 1.165) is 20.8 Å². The number of amides is 1. The second kappa shape index (κ2) is 8.57. The predicted molar refractivity (Wildman–Crippen MR) is 121 cm³/mol. The molecule has 1 aliphatic heterocycles. The van der Waals surface area contributed by atoms with E-state index in [2.05, 4.69) is 9.97 Å². The van der Waals surface area contributed by atoms with Gasteiger partial charge >= 0.3 is 0 Å². The molecule has 1 atom stereocenters. The number of hydrogen-bond acceptors (Lipinski definition) is 8. The van der Waals surface area contributed by atoms with Crippen molar-refractivity contribution in [2.75, 3.05) is 33.1 Å². The Kier molecular flexibility index (Phi) is 6.00. The smallest absolute Gasteiger partial charge is 0.259 e. The van der Waals surface area contributed by atoms with Crippen LogP contribution in [0.15, 0.2) is 35.4 Å². The van der Waals surface area contributed by atoms with Gasteiger partial charge in [-0.05, 0) is 44.2 Å². The second-order valence-electron chi connectivity index (χ2n) is 7.44. The summed E-state index contributed by atoms with van der Waals surface area (Å²) in [4.78, 5) is 37.5. The fourth-order valence-electron chi connectivity index (χ4n) is 3.47. The minimum atomic E-state index is -1.04. The first kappa shape index (κ1) is 21.7. The van der Waals surface area contributed by atoms with E-state index in [1.807, 2.05) is 31.2 Å². The highest BCUT2D eigenvalue weighted by atomic mass is 32.2. The van der Waals surface area contributed by atoms with Crippen LogP contribution < -0.4 is 4.74 Å². The Bertz CT molecular complexity index is 1160. The summed E-state index contributed by atoms with van der Waals surface area (Å²) in [6.07, 6.45) is 0. The molecule has 1 amide bonds. The molecule has 1 aliphatic rings. The normalized spacial score (nSPS) is 19.1. The largest absolute Gasteiger partial charge is 0.497 e. The lowest BCUT2D eigenvalue weighted by Crippen LogP contribution is -2.51. The number of benzene rings is 1. The molecule has 1 aromatic carbocycles. The monoisotopic (exact) mass is 457 g/mol. The maximum absolute atomic E-state index is 12.9. The van der Waals surface area contributed by atoms with E-state index in [1.165, 1.54) is 23.1 Å². The van der Waals surface area contributed by atoms with Crippen LogP contribution in [0.25, 0.3) is 10.9 Å². The Balaban J connectivity index is 1.53. The third-order valence-electron chi connectivity index (χ3n) is 5.24. The number of morpholine rings is 1. The fraction of sp³-hybridized carbons (Fsp3) is 0.364. The molecule has 0 bridgehead atoms. The molecular formula is C22H23N3O4S2. The van der Waals surface area contributed by atoms with E-state index < -0.39 is 5.60 Å². The lowest BCUT2D eigenvalue weighted by Gasteiger charge is -2.36. The van der Waals surface area contributed by atoms with Gasteiger partial charge in [-0.3, -0.25) is 9.59 Å². The Labute approximate surface area is 188 Å². The van der Waals surface area contributed by atoms with Crippen LogP contribution >= 0.6 is 23.1 Å². The highest BCUT2D eigenvalue weighted by molar-refractivity contribution is 8.00. The minimum absolute atomic E-state index is 0.0197. The summed E-state index contributed by atoms with van der Waals surface area (Å²) in [7, 11) is 3.38. The van der Waals surface area contributed by atoms with Crippen molar-refractivity contribution in [2.24, 2.45) is 0 Å². The average Bonchev–Trinajstić information content (AvgIpc) is 3.26. The van der Waals surface area contributed by atoms with Crippen LogP contribution in [0.4, 0.5) is 0 Å². The van der Waals surface area contributed by atoms with Crippen molar-refractivity contribution in [3.8, 4) is 5.75 Å². The van der Waals surface area contributed by atoms with Crippen molar-refractivity contribution in [2.45, 2.75) is 24.5 Å². The maximum Gasteiger partial charge on any atom is 0.259 e. The van der Waals surface area contributed by atoms with Gasteiger partial charge in [-0.1, -0.05) is 11.8 Å². The van der Waals surface area contributed by atoms with E-state index in [-0.39, 0.29) is 17.4 Å². The molecule has 4 rings (SSSR count). The second-order valence-corrected chi connectivity index (χ2v) is 9.49. The number of ketones is 1. The van der Waals surface area contributed by atoms with Crippen molar-refractivity contribution in [1.29, 1.82) is 0 Å². The highest BCUT2D eigenvalue weighted by Crippen LogP contribution is 2.36. The van der Waals surface area contributed by atoms with E-state index in [4.69, 9.17) is 9.47 Å². The van der Waals surface area contributed by atoms with Gasteiger partial charge in [0.2, 0.25) is 0 Å². The number of ether oxygens (including phenoxy) is 2. The SMILES string of the molecule is COc1ccc2nc(C)nc(SCC(=O)c3ccc(C4(C)OCCN(C)C4=O)s3)c2c1. The van der Waals surface area contributed by atoms with Crippen LogP contribution in [0.2, 0.25) is 0 Å². The molecule has 1 unspecified atom stereocenters.